The van der Waals surface area contributed by atoms with Gasteiger partial charge >= 0.3 is 0 Å². The molecule has 162 valence electrons. The van der Waals surface area contributed by atoms with Crippen molar-refractivity contribution in [3.8, 4) is 11.5 Å². The van der Waals surface area contributed by atoms with Gasteiger partial charge in [0.15, 0.2) is 0 Å². The van der Waals surface area contributed by atoms with Crippen molar-refractivity contribution in [1.82, 2.24) is 0 Å². The lowest BCUT2D eigenvalue weighted by Crippen LogP contribution is -2.01. The Morgan fingerprint density at radius 2 is 0.929 bits per heavy atom. The molecule has 1 aromatic carbocycles. The van der Waals surface area contributed by atoms with Crippen LogP contribution in [0.2, 0.25) is 0 Å². The number of benzene rings is 1. The van der Waals surface area contributed by atoms with Crippen LogP contribution in [0.3, 0.4) is 0 Å². The van der Waals surface area contributed by atoms with E-state index in [0.29, 0.717) is 0 Å². The zero-order chi connectivity index (χ0) is 20.3. The average molecular weight is 391 g/mol. The van der Waals surface area contributed by atoms with Gasteiger partial charge in [0.2, 0.25) is 0 Å². The second kappa shape index (κ2) is 17.9. The zero-order valence-electron chi connectivity index (χ0n) is 19.1. The lowest BCUT2D eigenvalue weighted by molar-refractivity contribution is 0.289. The summed E-state index contributed by atoms with van der Waals surface area (Å²) in [6, 6.07) is 6.51. The molecule has 1 rings (SSSR count). The third-order valence-corrected chi connectivity index (χ3v) is 5.29. The van der Waals surface area contributed by atoms with Gasteiger partial charge in [0.25, 0.3) is 0 Å². The summed E-state index contributed by atoms with van der Waals surface area (Å²) in [6.07, 6.45) is 19.1. The van der Waals surface area contributed by atoms with E-state index in [1.807, 2.05) is 0 Å². The Morgan fingerprint density at radius 1 is 0.500 bits per heavy atom. The van der Waals surface area contributed by atoms with Gasteiger partial charge in [0, 0.05) is 6.07 Å². The number of rotatable bonds is 19. The monoisotopic (exact) mass is 390 g/mol. The first-order valence-electron chi connectivity index (χ1n) is 12.2. The second-order valence-corrected chi connectivity index (χ2v) is 8.15. The Hall–Kier alpha value is -1.18. The van der Waals surface area contributed by atoms with Crippen molar-refractivity contribution in [3.05, 3.63) is 23.8 Å². The van der Waals surface area contributed by atoms with Crippen LogP contribution in [0.4, 0.5) is 0 Å². The molecule has 0 atom stereocenters. The van der Waals surface area contributed by atoms with E-state index in [1.165, 1.54) is 82.6 Å². The second-order valence-electron chi connectivity index (χ2n) is 8.15. The van der Waals surface area contributed by atoms with E-state index in [9.17, 15) is 0 Å². The summed E-state index contributed by atoms with van der Waals surface area (Å²) >= 11 is 0. The van der Waals surface area contributed by atoms with Gasteiger partial charge in [-0.05, 0) is 43.4 Å². The molecule has 0 spiro atoms. The first-order valence-corrected chi connectivity index (χ1v) is 12.2. The SMILES string of the molecule is CCCCCCCCOc1cc(CCCC)cc(OCCCCCCCC)c1. The molecule has 0 saturated heterocycles. The molecule has 0 aliphatic heterocycles. The molecule has 0 N–H and O–H groups in total. The summed E-state index contributed by atoms with van der Waals surface area (Å²) in [6.45, 7) is 8.41. The summed E-state index contributed by atoms with van der Waals surface area (Å²) in [4.78, 5) is 0. The summed E-state index contributed by atoms with van der Waals surface area (Å²) in [5.74, 6) is 1.97. The van der Waals surface area contributed by atoms with E-state index >= 15 is 0 Å². The molecule has 0 aliphatic rings. The topological polar surface area (TPSA) is 18.5 Å². The summed E-state index contributed by atoms with van der Waals surface area (Å²) in [5.41, 5.74) is 1.35. The van der Waals surface area contributed by atoms with Crippen LogP contribution in [0.1, 0.15) is 116 Å². The van der Waals surface area contributed by atoms with Crippen LogP contribution in [0.5, 0.6) is 11.5 Å². The van der Waals surface area contributed by atoms with E-state index in [1.54, 1.807) is 0 Å². The van der Waals surface area contributed by atoms with Gasteiger partial charge in [0.05, 0.1) is 13.2 Å². The van der Waals surface area contributed by atoms with E-state index in [-0.39, 0.29) is 0 Å². The molecular formula is C26H46O2. The maximum absolute atomic E-state index is 6.07. The Balaban J connectivity index is 2.39. The molecule has 0 fully saturated rings. The summed E-state index contributed by atoms with van der Waals surface area (Å²) < 4.78 is 12.1. The molecule has 1 aromatic rings. The van der Waals surface area contributed by atoms with Gasteiger partial charge in [-0.15, -0.1) is 0 Å². The Labute approximate surface area is 175 Å². The van der Waals surface area contributed by atoms with Crippen molar-refractivity contribution < 1.29 is 9.47 Å². The summed E-state index contributed by atoms with van der Waals surface area (Å²) in [5, 5.41) is 0. The maximum atomic E-state index is 6.07. The molecule has 2 nitrogen and oxygen atoms in total. The van der Waals surface area contributed by atoms with Crippen LogP contribution in [0.25, 0.3) is 0 Å². The summed E-state index contributed by atoms with van der Waals surface area (Å²) in [7, 11) is 0. The molecule has 2 heteroatoms. The van der Waals surface area contributed by atoms with Crippen LogP contribution in [0.15, 0.2) is 18.2 Å². The Kier molecular flexibility index (Phi) is 15.9. The van der Waals surface area contributed by atoms with E-state index in [0.717, 1.165) is 44.0 Å². The predicted molar refractivity (Wildman–Crippen MR) is 123 cm³/mol. The fourth-order valence-corrected chi connectivity index (χ4v) is 3.47. The molecule has 28 heavy (non-hydrogen) atoms. The van der Waals surface area contributed by atoms with E-state index in [4.69, 9.17) is 9.47 Å². The predicted octanol–water partition coefficient (Wildman–Crippen LogP) is 8.51. The van der Waals surface area contributed by atoms with Gasteiger partial charge in [-0.1, -0.05) is 91.4 Å². The first kappa shape index (κ1) is 24.9. The van der Waals surface area contributed by atoms with Crippen molar-refractivity contribution in [2.75, 3.05) is 13.2 Å². The van der Waals surface area contributed by atoms with Gasteiger partial charge in [-0.2, -0.15) is 0 Å². The number of hydrogen-bond acceptors (Lipinski definition) is 2. The van der Waals surface area contributed by atoms with Crippen LogP contribution in [-0.2, 0) is 6.42 Å². The van der Waals surface area contributed by atoms with Crippen LogP contribution >= 0.6 is 0 Å². The van der Waals surface area contributed by atoms with E-state index in [2.05, 4.69) is 39.0 Å². The fourth-order valence-electron chi connectivity index (χ4n) is 3.47. The zero-order valence-corrected chi connectivity index (χ0v) is 19.1. The quantitative estimate of drug-likeness (QED) is 0.220. The highest BCUT2D eigenvalue weighted by molar-refractivity contribution is 5.38. The smallest absolute Gasteiger partial charge is 0.123 e. The third kappa shape index (κ3) is 13.1. The van der Waals surface area contributed by atoms with Crippen LogP contribution < -0.4 is 9.47 Å². The van der Waals surface area contributed by atoms with Gasteiger partial charge in [0.1, 0.15) is 11.5 Å². The molecule has 0 heterocycles. The molecule has 0 aromatic heterocycles. The average Bonchev–Trinajstić information content (AvgIpc) is 2.71. The highest BCUT2D eigenvalue weighted by Crippen LogP contribution is 2.25. The van der Waals surface area contributed by atoms with Crippen molar-refractivity contribution in [2.24, 2.45) is 0 Å². The molecule has 0 bridgehead atoms. The molecule has 0 unspecified atom stereocenters. The number of ether oxygens (including phenoxy) is 2. The normalized spacial score (nSPS) is 11.0. The van der Waals surface area contributed by atoms with Crippen molar-refractivity contribution in [3.63, 3.8) is 0 Å². The lowest BCUT2D eigenvalue weighted by Gasteiger charge is -2.13. The van der Waals surface area contributed by atoms with Gasteiger partial charge in [-0.25, -0.2) is 0 Å². The minimum atomic E-state index is 0.820. The van der Waals surface area contributed by atoms with Crippen molar-refractivity contribution >= 4 is 0 Å². The highest BCUT2D eigenvalue weighted by atomic mass is 16.5. The Morgan fingerprint density at radius 3 is 1.39 bits per heavy atom. The largest absolute Gasteiger partial charge is 0.493 e. The van der Waals surface area contributed by atoms with Crippen LogP contribution in [0, 0.1) is 0 Å². The van der Waals surface area contributed by atoms with Crippen molar-refractivity contribution in [1.29, 1.82) is 0 Å². The highest BCUT2D eigenvalue weighted by Gasteiger charge is 2.04. The minimum absolute atomic E-state index is 0.820. The number of unbranched alkanes of at least 4 members (excludes halogenated alkanes) is 11. The van der Waals surface area contributed by atoms with Gasteiger partial charge in [-0.3, -0.25) is 0 Å². The minimum Gasteiger partial charge on any atom is -0.493 e. The number of aryl methyl sites for hydroxylation is 1. The molecule has 0 saturated carbocycles. The molecule has 0 radical (unpaired) electrons. The first-order chi connectivity index (χ1) is 13.8. The number of hydrogen-bond donors (Lipinski definition) is 0. The maximum Gasteiger partial charge on any atom is 0.123 e. The Bertz CT molecular complexity index is 433. The standard InChI is InChI=1S/C26H46O2/c1-4-7-10-12-14-16-19-27-25-21-24(18-9-6-3)22-26(23-25)28-20-17-15-13-11-8-5-2/h21-23H,4-20H2,1-3H3. The van der Waals surface area contributed by atoms with Crippen molar-refractivity contribution in [2.45, 2.75) is 117 Å². The molecular weight excluding hydrogens is 344 g/mol. The van der Waals surface area contributed by atoms with Gasteiger partial charge < -0.3 is 9.47 Å². The molecule has 0 aliphatic carbocycles. The third-order valence-electron chi connectivity index (χ3n) is 5.29. The molecule has 0 amide bonds. The van der Waals surface area contributed by atoms with Crippen LogP contribution in [-0.4, -0.2) is 13.2 Å². The fraction of sp³-hybridized carbons (Fsp3) is 0.769. The van der Waals surface area contributed by atoms with E-state index < -0.39 is 0 Å². The lowest BCUT2D eigenvalue weighted by atomic mass is 10.1.